The molecule has 2 aliphatic carbocycles. The van der Waals surface area contributed by atoms with Crippen LogP contribution in [0.2, 0.25) is 0 Å². The van der Waals surface area contributed by atoms with Gasteiger partial charge in [0.15, 0.2) is 0 Å². The maximum Gasteiger partial charge on any atom is 0.144 e. The molecule has 118 valence electrons. The zero-order valence-corrected chi connectivity index (χ0v) is 13.8. The Morgan fingerprint density at radius 3 is 2.78 bits per heavy atom. The van der Waals surface area contributed by atoms with Crippen LogP contribution < -0.4 is 4.74 Å². The molecular formula is C21H23NO. The van der Waals surface area contributed by atoms with Gasteiger partial charge >= 0.3 is 0 Å². The predicted molar refractivity (Wildman–Crippen MR) is 90.6 cm³/mol. The number of hydrogen-bond acceptors (Lipinski definition) is 2. The lowest BCUT2D eigenvalue weighted by molar-refractivity contribution is 0.0560. The second-order valence-electron chi connectivity index (χ2n) is 7.72. The minimum absolute atomic E-state index is 0.130. The van der Waals surface area contributed by atoms with Crippen LogP contribution in [0.15, 0.2) is 36.5 Å². The first-order valence-electron chi connectivity index (χ1n) is 8.91. The summed E-state index contributed by atoms with van der Waals surface area (Å²) in [5.74, 6) is 4.06. The quantitative estimate of drug-likeness (QED) is 0.742. The molecule has 0 radical (unpaired) electrons. The highest BCUT2D eigenvalue weighted by molar-refractivity contribution is 5.49. The standard InChI is InChI=1S/C21H23NO/c1-12-9-13(2)18-17(10-12)23-21(16-5-3-4-8-22-16)20-15-7-6-14(11-15)19(18)20/h3-5,8-10,14-15,19-21H,6-7,11H2,1-2H3/t14-,15+,19-,20-,21-/m1/s1. The van der Waals surface area contributed by atoms with Crippen LogP contribution in [0.4, 0.5) is 0 Å². The molecule has 2 nitrogen and oxygen atoms in total. The molecule has 0 N–H and O–H groups in total. The Morgan fingerprint density at radius 1 is 1.09 bits per heavy atom. The zero-order valence-electron chi connectivity index (χ0n) is 13.8. The Labute approximate surface area is 137 Å². The molecule has 0 spiro atoms. The van der Waals surface area contributed by atoms with Gasteiger partial charge in [0.2, 0.25) is 0 Å². The average molecular weight is 305 g/mol. The van der Waals surface area contributed by atoms with Crippen LogP contribution in [0.5, 0.6) is 5.75 Å². The van der Waals surface area contributed by atoms with Gasteiger partial charge in [-0.1, -0.05) is 12.1 Å². The first-order chi connectivity index (χ1) is 11.2. The van der Waals surface area contributed by atoms with Crippen molar-refractivity contribution in [3.8, 4) is 5.75 Å². The van der Waals surface area contributed by atoms with E-state index in [-0.39, 0.29) is 6.10 Å². The van der Waals surface area contributed by atoms with Gasteiger partial charge in [-0.05, 0) is 80.2 Å². The van der Waals surface area contributed by atoms with Crippen molar-refractivity contribution in [2.24, 2.45) is 17.8 Å². The maximum atomic E-state index is 6.58. The van der Waals surface area contributed by atoms with E-state index in [0.29, 0.717) is 11.8 Å². The van der Waals surface area contributed by atoms with Crippen molar-refractivity contribution in [2.45, 2.75) is 45.1 Å². The molecule has 2 heterocycles. The molecule has 23 heavy (non-hydrogen) atoms. The fourth-order valence-corrected chi connectivity index (χ4v) is 5.68. The van der Waals surface area contributed by atoms with Crippen molar-refractivity contribution in [1.82, 2.24) is 4.98 Å². The Hall–Kier alpha value is -1.83. The highest BCUT2D eigenvalue weighted by atomic mass is 16.5. The Morgan fingerprint density at radius 2 is 1.96 bits per heavy atom. The topological polar surface area (TPSA) is 22.1 Å². The number of nitrogens with zero attached hydrogens (tertiary/aromatic N) is 1. The first-order valence-corrected chi connectivity index (χ1v) is 8.91. The van der Waals surface area contributed by atoms with Crippen LogP contribution in [-0.4, -0.2) is 4.98 Å². The summed E-state index contributed by atoms with van der Waals surface area (Å²) in [4.78, 5) is 4.64. The van der Waals surface area contributed by atoms with Gasteiger partial charge in [0.1, 0.15) is 11.9 Å². The fourth-order valence-electron chi connectivity index (χ4n) is 5.68. The molecule has 2 fully saturated rings. The van der Waals surface area contributed by atoms with E-state index in [1.165, 1.54) is 36.0 Å². The monoisotopic (exact) mass is 305 g/mol. The van der Waals surface area contributed by atoms with Crippen LogP contribution in [0.3, 0.4) is 0 Å². The van der Waals surface area contributed by atoms with Crippen molar-refractivity contribution in [3.63, 3.8) is 0 Å². The van der Waals surface area contributed by atoms with E-state index < -0.39 is 0 Å². The number of pyridine rings is 1. The molecule has 2 aromatic rings. The molecule has 2 saturated carbocycles. The molecule has 1 aromatic carbocycles. The molecule has 0 amide bonds. The maximum absolute atomic E-state index is 6.58. The smallest absolute Gasteiger partial charge is 0.144 e. The number of benzene rings is 1. The Balaban J connectivity index is 1.68. The molecule has 0 unspecified atom stereocenters. The van der Waals surface area contributed by atoms with Gasteiger partial charge in [-0.2, -0.15) is 0 Å². The van der Waals surface area contributed by atoms with E-state index in [1.807, 2.05) is 12.3 Å². The summed E-state index contributed by atoms with van der Waals surface area (Å²) in [5.41, 5.74) is 5.32. The molecule has 3 aliphatic rings. The van der Waals surface area contributed by atoms with Crippen LogP contribution in [-0.2, 0) is 0 Å². The number of hydrogen-bond donors (Lipinski definition) is 0. The Bertz CT molecular complexity index is 754. The highest BCUT2D eigenvalue weighted by Gasteiger charge is 2.55. The summed E-state index contributed by atoms with van der Waals surface area (Å²) in [5, 5.41) is 0. The van der Waals surface area contributed by atoms with Gasteiger partial charge < -0.3 is 4.74 Å². The summed E-state index contributed by atoms with van der Waals surface area (Å²) in [7, 11) is 0. The normalized spacial score (nSPS) is 33.9. The lowest BCUT2D eigenvalue weighted by Crippen LogP contribution is -2.35. The average Bonchev–Trinajstić information content (AvgIpc) is 3.16. The molecular weight excluding hydrogens is 282 g/mol. The zero-order chi connectivity index (χ0) is 15.6. The number of fused-ring (bicyclic) bond motifs is 7. The summed E-state index contributed by atoms with van der Waals surface area (Å²) < 4.78 is 6.58. The van der Waals surface area contributed by atoms with E-state index >= 15 is 0 Å². The third-order valence-corrected chi connectivity index (χ3v) is 6.39. The summed E-state index contributed by atoms with van der Waals surface area (Å²) >= 11 is 0. The van der Waals surface area contributed by atoms with E-state index in [2.05, 4.69) is 43.1 Å². The van der Waals surface area contributed by atoms with Crippen LogP contribution in [0.25, 0.3) is 0 Å². The van der Waals surface area contributed by atoms with E-state index in [0.717, 1.165) is 23.3 Å². The van der Waals surface area contributed by atoms with Crippen LogP contribution in [0, 0.1) is 31.6 Å². The van der Waals surface area contributed by atoms with E-state index in [4.69, 9.17) is 4.74 Å². The van der Waals surface area contributed by atoms with Crippen molar-refractivity contribution < 1.29 is 4.74 Å². The largest absolute Gasteiger partial charge is 0.483 e. The lowest BCUT2D eigenvalue weighted by Gasteiger charge is -2.42. The van der Waals surface area contributed by atoms with Gasteiger partial charge in [0.25, 0.3) is 0 Å². The number of rotatable bonds is 1. The number of ether oxygens (including phenoxy) is 1. The van der Waals surface area contributed by atoms with Gasteiger partial charge in [-0.3, -0.25) is 4.98 Å². The molecule has 1 aliphatic heterocycles. The van der Waals surface area contributed by atoms with E-state index in [1.54, 1.807) is 0 Å². The van der Waals surface area contributed by atoms with Gasteiger partial charge in [-0.15, -0.1) is 0 Å². The second kappa shape index (κ2) is 4.83. The highest BCUT2D eigenvalue weighted by Crippen LogP contribution is 2.64. The van der Waals surface area contributed by atoms with Crippen LogP contribution in [0.1, 0.15) is 53.7 Å². The van der Waals surface area contributed by atoms with E-state index in [9.17, 15) is 0 Å². The SMILES string of the molecule is Cc1cc(C)c2c(c1)O[C@H](c1ccccn1)[C@@H]1[C@H]3CC[C@H](C3)[C@H]21. The first kappa shape index (κ1) is 13.6. The third-order valence-electron chi connectivity index (χ3n) is 6.39. The van der Waals surface area contributed by atoms with Crippen molar-refractivity contribution in [2.75, 3.05) is 0 Å². The molecule has 2 bridgehead atoms. The summed E-state index contributed by atoms with van der Waals surface area (Å²) in [6, 6.07) is 10.8. The number of aromatic nitrogens is 1. The molecule has 2 heteroatoms. The Kier molecular flexibility index (Phi) is 2.86. The van der Waals surface area contributed by atoms with Crippen molar-refractivity contribution in [3.05, 3.63) is 58.9 Å². The third kappa shape index (κ3) is 1.90. The molecule has 0 saturated heterocycles. The molecule has 5 atom stereocenters. The molecule has 1 aromatic heterocycles. The summed E-state index contributed by atoms with van der Waals surface area (Å²) in [6.07, 6.45) is 6.18. The van der Waals surface area contributed by atoms with Crippen LogP contribution >= 0.6 is 0 Å². The lowest BCUT2D eigenvalue weighted by atomic mass is 9.69. The minimum Gasteiger partial charge on any atom is -0.483 e. The number of aryl methyl sites for hydroxylation is 2. The minimum atomic E-state index is 0.130. The van der Waals surface area contributed by atoms with Gasteiger partial charge in [0, 0.05) is 17.7 Å². The van der Waals surface area contributed by atoms with Crippen molar-refractivity contribution in [1.29, 1.82) is 0 Å². The molecule has 5 rings (SSSR count). The second-order valence-corrected chi connectivity index (χ2v) is 7.72. The van der Waals surface area contributed by atoms with Gasteiger partial charge in [-0.25, -0.2) is 0 Å². The summed E-state index contributed by atoms with van der Waals surface area (Å²) in [6.45, 7) is 4.43. The fraction of sp³-hybridized carbons (Fsp3) is 0.476. The predicted octanol–water partition coefficient (Wildman–Crippen LogP) is 4.96. The van der Waals surface area contributed by atoms with Crippen molar-refractivity contribution >= 4 is 0 Å². The van der Waals surface area contributed by atoms with Gasteiger partial charge in [0.05, 0.1) is 5.69 Å².